The lowest BCUT2D eigenvalue weighted by atomic mass is 10.0. The van der Waals surface area contributed by atoms with Crippen LogP contribution in [0.4, 0.5) is 0 Å². The Bertz CT molecular complexity index is 958. The van der Waals surface area contributed by atoms with Gasteiger partial charge in [0, 0.05) is 16.0 Å². The van der Waals surface area contributed by atoms with E-state index in [-0.39, 0.29) is 11.9 Å². The van der Waals surface area contributed by atoms with Crippen molar-refractivity contribution in [2.24, 2.45) is 0 Å². The van der Waals surface area contributed by atoms with Gasteiger partial charge in [-0.1, -0.05) is 48.2 Å². The number of carbonyl (C=O) groups excluding carboxylic acids is 1. The lowest BCUT2D eigenvalue weighted by molar-refractivity contribution is -0.119. The molecule has 3 aromatic rings. The molecular weight excluding hydrogens is 360 g/mol. The predicted octanol–water partition coefficient (Wildman–Crippen LogP) is 4.99. The zero-order valence-electron chi connectivity index (χ0n) is 14.6. The molecule has 1 atom stereocenters. The smallest absolute Gasteiger partial charge is 0.230 e. The Morgan fingerprint density at radius 2 is 2.04 bits per heavy atom. The van der Waals surface area contributed by atoms with Crippen LogP contribution >= 0.6 is 23.5 Å². The molecule has 26 heavy (non-hydrogen) atoms. The fourth-order valence-corrected chi connectivity index (χ4v) is 5.17. The molecule has 0 bridgehead atoms. The summed E-state index contributed by atoms with van der Waals surface area (Å²) in [5, 5.41) is 5.26. The monoisotopic (exact) mass is 380 g/mol. The summed E-state index contributed by atoms with van der Waals surface area (Å²) in [5.41, 5.74) is 3.41. The van der Waals surface area contributed by atoms with Crippen LogP contribution in [0, 0.1) is 6.92 Å². The van der Waals surface area contributed by atoms with Crippen molar-refractivity contribution in [1.29, 1.82) is 0 Å². The first kappa shape index (κ1) is 17.4. The number of fused-ring (bicyclic) bond motifs is 2. The summed E-state index contributed by atoms with van der Waals surface area (Å²) >= 11 is 3.36. The van der Waals surface area contributed by atoms with Gasteiger partial charge in [0.1, 0.15) is 0 Å². The lowest BCUT2D eigenvalue weighted by Gasteiger charge is -2.25. The van der Waals surface area contributed by atoms with E-state index in [1.165, 1.54) is 27.8 Å². The quantitative estimate of drug-likeness (QED) is 0.648. The molecule has 2 heterocycles. The third kappa shape index (κ3) is 3.74. The molecule has 0 unspecified atom stereocenters. The number of pyridine rings is 1. The number of thioether (sulfide) groups is 2. The minimum atomic E-state index is 0.0642. The summed E-state index contributed by atoms with van der Waals surface area (Å²) < 4.78 is 0. The Kier molecular flexibility index (Phi) is 5.18. The molecule has 3 nitrogen and oxygen atoms in total. The van der Waals surface area contributed by atoms with Crippen LogP contribution in [0.15, 0.2) is 64.5 Å². The van der Waals surface area contributed by atoms with Gasteiger partial charge in [-0.2, -0.15) is 0 Å². The number of nitrogens with one attached hydrogen (secondary N) is 1. The van der Waals surface area contributed by atoms with Gasteiger partial charge in [-0.15, -0.1) is 11.8 Å². The summed E-state index contributed by atoms with van der Waals surface area (Å²) in [6.45, 7) is 2.09. The van der Waals surface area contributed by atoms with Crippen LogP contribution in [-0.2, 0) is 4.79 Å². The maximum atomic E-state index is 12.5. The SMILES string of the molecule is Cc1cc(SCC(=O)N[C@@H]2CCSc3ccccc32)nc2ccccc12. The number of nitrogens with zero attached hydrogens (tertiary/aromatic N) is 1. The fraction of sp³-hybridized carbons (Fsp3) is 0.238. The number of hydrogen-bond donors (Lipinski definition) is 1. The normalized spacial score (nSPS) is 16.3. The topological polar surface area (TPSA) is 42.0 Å². The Morgan fingerprint density at radius 1 is 1.23 bits per heavy atom. The largest absolute Gasteiger partial charge is 0.349 e. The molecular formula is C21H20N2OS2. The van der Waals surface area contributed by atoms with Crippen molar-refractivity contribution in [2.45, 2.75) is 29.3 Å². The first-order valence-electron chi connectivity index (χ1n) is 8.71. The summed E-state index contributed by atoms with van der Waals surface area (Å²) in [6, 6.07) is 18.6. The van der Waals surface area contributed by atoms with E-state index in [1.54, 1.807) is 0 Å². The molecule has 2 aromatic carbocycles. The second kappa shape index (κ2) is 7.72. The molecule has 1 aromatic heterocycles. The first-order valence-corrected chi connectivity index (χ1v) is 10.7. The van der Waals surface area contributed by atoms with E-state index in [0.29, 0.717) is 5.75 Å². The maximum absolute atomic E-state index is 12.5. The van der Waals surface area contributed by atoms with Crippen LogP contribution in [0.2, 0.25) is 0 Å². The average molecular weight is 381 g/mol. The number of para-hydroxylation sites is 1. The van der Waals surface area contributed by atoms with E-state index < -0.39 is 0 Å². The third-order valence-electron chi connectivity index (χ3n) is 4.54. The van der Waals surface area contributed by atoms with Gasteiger partial charge in [0.2, 0.25) is 5.91 Å². The van der Waals surface area contributed by atoms with Crippen molar-refractivity contribution >= 4 is 40.3 Å². The highest BCUT2D eigenvalue weighted by Gasteiger charge is 2.21. The predicted molar refractivity (Wildman–Crippen MR) is 110 cm³/mol. The molecule has 5 heteroatoms. The number of benzene rings is 2. The molecule has 0 fully saturated rings. The van der Waals surface area contributed by atoms with Gasteiger partial charge in [0.05, 0.1) is 22.3 Å². The van der Waals surface area contributed by atoms with Gasteiger partial charge < -0.3 is 5.32 Å². The Labute approximate surface area is 162 Å². The standard InChI is InChI=1S/C21H20N2OS2/c1-14-12-21(23-17-8-4-2-6-15(14)17)26-13-20(24)22-18-10-11-25-19-9-5-3-7-16(18)19/h2-9,12,18H,10-11,13H2,1H3,(H,22,24)/t18-/m1/s1. The van der Waals surface area contributed by atoms with E-state index >= 15 is 0 Å². The van der Waals surface area contributed by atoms with Crippen molar-refractivity contribution in [3.63, 3.8) is 0 Å². The summed E-state index contributed by atoms with van der Waals surface area (Å²) in [4.78, 5) is 18.4. The third-order valence-corrected chi connectivity index (χ3v) is 6.58. The molecule has 1 aliphatic heterocycles. The molecule has 0 spiro atoms. The maximum Gasteiger partial charge on any atom is 0.230 e. The lowest BCUT2D eigenvalue weighted by Crippen LogP contribution is -2.31. The number of amides is 1. The molecule has 1 N–H and O–H groups in total. The minimum Gasteiger partial charge on any atom is -0.349 e. The summed E-state index contributed by atoms with van der Waals surface area (Å²) in [7, 11) is 0. The molecule has 0 saturated heterocycles. The highest BCUT2D eigenvalue weighted by Crippen LogP contribution is 2.35. The van der Waals surface area contributed by atoms with Crippen LogP contribution in [0.1, 0.15) is 23.6 Å². The zero-order valence-corrected chi connectivity index (χ0v) is 16.2. The van der Waals surface area contributed by atoms with Crippen molar-refractivity contribution in [2.75, 3.05) is 11.5 Å². The molecule has 0 saturated carbocycles. The van der Waals surface area contributed by atoms with Crippen molar-refractivity contribution in [3.05, 3.63) is 65.7 Å². The number of rotatable bonds is 4. The second-order valence-corrected chi connectivity index (χ2v) is 8.51. The highest BCUT2D eigenvalue weighted by atomic mass is 32.2. The summed E-state index contributed by atoms with van der Waals surface area (Å²) in [6.07, 6.45) is 0.978. The Balaban J connectivity index is 1.42. The molecule has 1 aliphatic rings. The van der Waals surface area contributed by atoms with Gasteiger partial charge >= 0.3 is 0 Å². The van der Waals surface area contributed by atoms with Gasteiger partial charge in [-0.05, 0) is 42.7 Å². The van der Waals surface area contributed by atoms with Crippen molar-refractivity contribution in [3.8, 4) is 0 Å². The van der Waals surface area contributed by atoms with Gasteiger partial charge in [0.15, 0.2) is 0 Å². The average Bonchev–Trinajstić information content (AvgIpc) is 2.67. The second-order valence-electron chi connectivity index (χ2n) is 6.38. The van der Waals surface area contributed by atoms with Gasteiger partial charge in [-0.25, -0.2) is 4.98 Å². The van der Waals surface area contributed by atoms with E-state index in [9.17, 15) is 4.79 Å². The van der Waals surface area contributed by atoms with Crippen LogP contribution in [-0.4, -0.2) is 22.4 Å². The highest BCUT2D eigenvalue weighted by molar-refractivity contribution is 8.00. The molecule has 0 aliphatic carbocycles. The van der Waals surface area contributed by atoms with Crippen molar-refractivity contribution < 1.29 is 4.79 Å². The van der Waals surface area contributed by atoms with E-state index in [1.807, 2.05) is 36.0 Å². The van der Waals surface area contributed by atoms with Crippen LogP contribution in [0.5, 0.6) is 0 Å². The zero-order chi connectivity index (χ0) is 17.9. The number of aryl methyl sites for hydroxylation is 1. The molecule has 4 rings (SSSR count). The number of carbonyl (C=O) groups is 1. The number of aromatic nitrogens is 1. The summed E-state index contributed by atoms with van der Waals surface area (Å²) in [5.74, 6) is 1.49. The number of hydrogen-bond acceptors (Lipinski definition) is 4. The van der Waals surface area contributed by atoms with Crippen LogP contribution in [0.3, 0.4) is 0 Å². The minimum absolute atomic E-state index is 0.0642. The molecule has 1 amide bonds. The first-order chi connectivity index (χ1) is 12.7. The molecule has 132 valence electrons. The Hall–Kier alpha value is -1.98. The van der Waals surface area contributed by atoms with E-state index in [0.717, 1.165) is 28.1 Å². The van der Waals surface area contributed by atoms with E-state index in [4.69, 9.17) is 0 Å². The molecule has 0 radical (unpaired) electrons. The van der Waals surface area contributed by atoms with E-state index in [2.05, 4.69) is 47.6 Å². The van der Waals surface area contributed by atoms with Gasteiger partial charge in [0.25, 0.3) is 0 Å². The Morgan fingerprint density at radius 3 is 2.96 bits per heavy atom. The van der Waals surface area contributed by atoms with Gasteiger partial charge in [-0.3, -0.25) is 4.79 Å². The van der Waals surface area contributed by atoms with Crippen LogP contribution < -0.4 is 5.32 Å². The van der Waals surface area contributed by atoms with Crippen LogP contribution in [0.25, 0.3) is 10.9 Å². The fourth-order valence-electron chi connectivity index (χ4n) is 3.26. The van der Waals surface area contributed by atoms with Crippen molar-refractivity contribution in [1.82, 2.24) is 10.3 Å².